The molecule has 1 amide bonds. The highest BCUT2D eigenvalue weighted by Gasteiger charge is 2.21. The fourth-order valence-corrected chi connectivity index (χ4v) is 2.45. The molecule has 8 heteroatoms. The molecule has 3 rings (SSSR count). The number of nitrogens with two attached hydrogens (primary N) is 1. The molecule has 0 fully saturated rings. The lowest BCUT2D eigenvalue weighted by Gasteiger charge is -2.26. The smallest absolute Gasteiger partial charge is 0.338 e. The first-order chi connectivity index (χ1) is 12.5. The van der Waals surface area contributed by atoms with Crippen LogP contribution < -0.4 is 20.5 Å². The van der Waals surface area contributed by atoms with Gasteiger partial charge in [-0.1, -0.05) is 23.7 Å². The van der Waals surface area contributed by atoms with Crippen LogP contribution in [0.15, 0.2) is 42.5 Å². The second-order valence-electron chi connectivity index (χ2n) is 5.61. The van der Waals surface area contributed by atoms with Crippen molar-refractivity contribution in [3.63, 3.8) is 0 Å². The van der Waals surface area contributed by atoms with Crippen molar-refractivity contribution in [1.29, 1.82) is 0 Å². The van der Waals surface area contributed by atoms with Crippen LogP contribution in [0.1, 0.15) is 10.4 Å². The van der Waals surface area contributed by atoms with E-state index in [9.17, 15) is 9.59 Å². The van der Waals surface area contributed by atoms with Gasteiger partial charge in [0.1, 0.15) is 12.7 Å². The van der Waals surface area contributed by atoms with Gasteiger partial charge in [-0.3, -0.25) is 4.79 Å². The molecule has 0 radical (unpaired) electrons. The Balaban J connectivity index is 1.43. The van der Waals surface area contributed by atoms with E-state index < -0.39 is 18.5 Å². The molecule has 26 heavy (non-hydrogen) atoms. The Morgan fingerprint density at radius 1 is 1.23 bits per heavy atom. The number of nitrogens with one attached hydrogen (secondary N) is 1. The average Bonchev–Trinajstić information content (AvgIpc) is 2.66. The molecular weight excluding hydrogens is 360 g/mol. The number of fused-ring (bicyclic) bond motifs is 1. The number of hydrogen-bond acceptors (Lipinski definition) is 6. The van der Waals surface area contributed by atoms with Gasteiger partial charge in [0.15, 0.2) is 18.1 Å². The van der Waals surface area contributed by atoms with E-state index in [-0.39, 0.29) is 23.9 Å². The van der Waals surface area contributed by atoms with E-state index in [1.165, 1.54) is 18.2 Å². The minimum absolute atomic E-state index is 0.223. The van der Waals surface area contributed by atoms with Crippen LogP contribution >= 0.6 is 11.6 Å². The highest BCUT2D eigenvalue weighted by molar-refractivity contribution is 6.33. The number of para-hydroxylation sites is 2. The van der Waals surface area contributed by atoms with Crippen LogP contribution in [-0.4, -0.2) is 37.7 Å². The van der Waals surface area contributed by atoms with Crippen molar-refractivity contribution in [1.82, 2.24) is 5.32 Å². The number of nitrogen functional groups attached to an aromatic ring is 1. The van der Waals surface area contributed by atoms with E-state index >= 15 is 0 Å². The quantitative estimate of drug-likeness (QED) is 0.612. The molecule has 2 aromatic carbocycles. The van der Waals surface area contributed by atoms with Crippen LogP contribution in [0.2, 0.25) is 5.02 Å². The molecule has 0 saturated carbocycles. The van der Waals surface area contributed by atoms with Gasteiger partial charge in [0.25, 0.3) is 5.91 Å². The predicted octanol–water partition coefficient (Wildman–Crippen LogP) is 2.04. The summed E-state index contributed by atoms with van der Waals surface area (Å²) in [6, 6.07) is 11.7. The highest BCUT2D eigenvalue weighted by atomic mass is 35.5. The SMILES string of the molecule is Nc1cc(C(=O)OCC(=O)NCC2COc3ccccc3O2)ccc1Cl. The summed E-state index contributed by atoms with van der Waals surface area (Å²) >= 11 is 5.80. The molecular formula is C18H17ClN2O5. The van der Waals surface area contributed by atoms with Crippen molar-refractivity contribution >= 4 is 29.2 Å². The highest BCUT2D eigenvalue weighted by Crippen LogP contribution is 2.30. The Morgan fingerprint density at radius 2 is 2.00 bits per heavy atom. The maximum absolute atomic E-state index is 11.9. The zero-order chi connectivity index (χ0) is 18.5. The summed E-state index contributed by atoms with van der Waals surface area (Å²) in [5, 5.41) is 2.99. The van der Waals surface area contributed by atoms with Gasteiger partial charge >= 0.3 is 5.97 Å². The monoisotopic (exact) mass is 376 g/mol. The number of benzene rings is 2. The van der Waals surface area contributed by atoms with E-state index in [1.807, 2.05) is 18.2 Å². The van der Waals surface area contributed by atoms with Crippen molar-refractivity contribution in [2.75, 3.05) is 25.5 Å². The summed E-state index contributed by atoms with van der Waals surface area (Å²) in [5.74, 6) is 0.202. The van der Waals surface area contributed by atoms with Crippen molar-refractivity contribution < 1.29 is 23.8 Å². The number of amides is 1. The first-order valence-electron chi connectivity index (χ1n) is 7.90. The number of rotatable bonds is 5. The van der Waals surface area contributed by atoms with Crippen LogP contribution in [0, 0.1) is 0 Å². The molecule has 0 spiro atoms. The van der Waals surface area contributed by atoms with Gasteiger partial charge in [-0.2, -0.15) is 0 Å². The Morgan fingerprint density at radius 3 is 2.77 bits per heavy atom. The largest absolute Gasteiger partial charge is 0.486 e. The maximum Gasteiger partial charge on any atom is 0.338 e. The number of carbonyl (C=O) groups is 2. The molecule has 0 aromatic heterocycles. The van der Waals surface area contributed by atoms with Crippen molar-refractivity contribution in [3.8, 4) is 11.5 Å². The zero-order valence-electron chi connectivity index (χ0n) is 13.7. The predicted molar refractivity (Wildman–Crippen MR) is 95.5 cm³/mol. The van der Waals surface area contributed by atoms with E-state index in [2.05, 4.69) is 5.32 Å². The van der Waals surface area contributed by atoms with Crippen LogP contribution in [-0.2, 0) is 9.53 Å². The molecule has 136 valence electrons. The van der Waals surface area contributed by atoms with Crippen LogP contribution in [0.5, 0.6) is 11.5 Å². The van der Waals surface area contributed by atoms with Gasteiger partial charge in [0, 0.05) is 0 Å². The summed E-state index contributed by atoms with van der Waals surface area (Å²) in [5.41, 5.74) is 6.12. The van der Waals surface area contributed by atoms with Gasteiger partial charge < -0.3 is 25.3 Å². The van der Waals surface area contributed by atoms with Crippen LogP contribution in [0.3, 0.4) is 0 Å². The lowest BCUT2D eigenvalue weighted by Crippen LogP contribution is -2.42. The van der Waals surface area contributed by atoms with Crippen LogP contribution in [0.4, 0.5) is 5.69 Å². The number of hydrogen-bond donors (Lipinski definition) is 2. The number of carbonyl (C=O) groups excluding carboxylic acids is 2. The Hall–Kier alpha value is -2.93. The summed E-state index contributed by atoms with van der Waals surface area (Å²) in [7, 11) is 0. The third kappa shape index (κ3) is 4.37. The first-order valence-corrected chi connectivity index (χ1v) is 8.28. The van der Waals surface area contributed by atoms with Gasteiger partial charge in [-0.05, 0) is 30.3 Å². The fraction of sp³-hybridized carbons (Fsp3) is 0.222. The third-order valence-corrected chi connectivity index (χ3v) is 4.00. The molecule has 1 unspecified atom stereocenters. The zero-order valence-corrected chi connectivity index (χ0v) is 14.5. The number of anilines is 1. The number of esters is 1. The van der Waals surface area contributed by atoms with Crippen LogP contribution in [0.25, 0.3) is 0 Å². The molecule has 2 aromatic rings. The van der Waals surface area contributed by atoms with Crippen molar-refractivity contribution in [2.24, 2.45) is 0 Å². The van der Waals surface area contributed by atoms with E-state index in [1.54, 1.807) is 6.07 Å². The molecule has 0 bridgehead atoms. The van der Waals surface area contributed by atoms with E-state index in [0.29, 0.717) is 23.1 Å². The Labute approximate surface area is 155 Å². The lowest BCUT2D eigenvalue weighted by molar-refractivity contribution is -0.124. The molecule has 7 nitrogen and oxygen atoms in total. The molecule has 0 aliphatic carbocycles. The van der Waals surface area contributed by atoms with Gasteiger partial charge in [-0.15, -0.1) is 0 Å². The maximum atomic E-state index is 11.9. The summed E-state index contributed by atoms with van der Waals surface area (Å²) in [6.45, 7) is 0.144. The average molecular weight is 377 g/mol. The number of ether oxygens (including phenoxy) is 3. The van der Waals surface area contributed by atoms with Gasteiger partial charge in [0.05, 0.1) is 22.8 Å². The Kier molecular flexibility index (Phi) is 5.48. The fourth-order valence-electron chi connectivity index (χ4n) is 2.33. The lowest BCUT2D eigenvalue weighted by atomic mass is 10.2. The van der Waals surface area contributed by atoms with Crippen molar-refractivity contribution in [3.05, 3.63) is 53.1 Å². The molecule has 3 N–H and O–H groups in total. The Bertz CT molecular complexity index is 827. The summed E-state index contributed by atoms with van der Waals surface area (Å²) in [6.07, 6.45) is -0.319. The third-order valence-electron chi connectivity index (χ3n) is 3.66. The standard InChI is InChI=1S/C18H17ClN2O5/c19-13-6-5-11(7-14(13)20)18(23)25-10-17(22)21-8-12-9-24-15-3-1-2-4-16(15)26-12/h1-7,12H,8-10,20H2,(H,21,22). The normalized spacial score (nSPS) is 15.2. The topological polar surface area (TPSA) is 99.9 Å². The number of halogens is 1. The summed E-state index contributed by atoms with van der Waals surface area (Å²) < 4.78 is 16.2. The van der Waals surface area contributed by atoms with Gasteiger partial charge in [0.2, 0.25) is 0 Å². The minimum atomic E-state index is -0.658. The van der Waals surface area contributed by atoms with E-state index in [4.69, 9.17) is 31.5 Å². The van der Waals surface area contributed by atoms with E-state index in [0.717, 1.165) is 0 Å². The first kappa shape index (κ1) is 17.9. The molecule has 1 aliphatic rings. The molecule has 0 saturated heterocycles. The van der Waals surface area contributed by atoms with Gasteiger partial charge in [-0.25, -0.2) is 4.79 Å². The second-order valence-corrected chi connectivity index (χ2v) is 6.02. The molecule has 1 aliphatic heterocycles. The molecule has 1 heterocycles. The molecule has 1 atom stereocenters. The minimum Gasteiger partial charge on any atom is -0.486 e. The summed E-state index contributed by atoms with van der Waals surface area (Å²) in [4.78, 5) is 23.8. The second kappa shape index (κ2) is 7.97. The van der Waals surface area contributed by atoms with Crippen molar-refractivity contribution in [2.45, 2.75) is 6.10 Å².